The van der Waals surface area contributed by atoms with Crippen molar-refractivity contribution in [3.05, 3.63) is 46.8 Å². The van der Waals surface area contributed by atoms with Gasteiger partial charge in [-0.05, 0) is 57.5 Å². The summed E-state index contributed by atoms with van der Waals surface area (Å²) in [4.78, 5) is 30.1. The number of hydrogen-bond donors (Lipinski definition) is 3. The minimum atomic E-state index is -0.977. The second-order valence-electron chi connectivity index (χ2n) is 7.52. The molecule has 1 saturated heterocycles. The minimum absolute atomic E-state index is 0.248. The van der Waals surface area contributed by atoms with Crippen LogP contribution in [0.1, 0.15) is 47.3 Å². The number of benzene rings is 1. The van der Waals surface area contributed by atoms with Gasteiger partial charge >= 0.3 is 5.97 Å². The molecule has 1 aliphatic rings. The molecule has 0 radical (unpaired) electrons. The number of aromatic amines is 1. The highest BCUT2D eigenvalue weighted by Gasteiger charge is 2.25. The number of esters is 1. The second-order valence-corrected chi connectivity index (χ2v) is 7.52. The Labute approximate surface area is 176 Å². The van der Waals surface area contributed by atoms with Crippen LogP contribution in [0.2, 0.25) is 0 Å². The van der Waals surface area contributed by atoms with Crippen LogP contribution < -0.4 is 10.2 Å². The van der Waals surface area contributed by atoms with Crippen LogP contribution in [0.3, 0.4) is 0 Å². The Hall–Kier alpha value is -2.84. The van der Waals surface area contributed by atoms with Crippen LogP contribution in [0.15, 0.2) is 24.3 Å². The number of aromatic nitrogens is 1. The number of morpholine rings is 1. The molecule has 2 aromatic rings. The highest BCUT2D eigenvalue weighted by atomic mass is 16.5. The van der Waals surface area contributed by atoms with Gasteiger partial charge in [-0.25, -0.2) is 4.79 Å². The quantitative estimate of drug-likeness (QED) is 0.627. The summed E-state index contributed by atoms with van der Waals surface area (Å²) in [5.41, 5.74) is 3.94. The molecule has 8 heteroatoms. The summed E-state index contributed by atoms with van der Waals surface area (Å²) in [6.45, 7) is 9.78. The van der Waals surface area contributed by atoms with Gasteiger partial charge in [0.15, 0.2) is 6.10 Å². The number of carbonyl (C=O) groups excluding carboxylic acids is 2. The fourth-order valence-corrected chi connectivity index (χ4v) is 3.69. The number of H-pyrrole nitrogens is 1. The number of nitrogens with zero attached hydrogens (tertiary/aromatic N) is 1. The van der Waals surface area contributed by atoms with Gasteiger partial charge < -0.3 is 29.8 Å². The number of amides is 1. The first-order valence-electron chi connectivity index (χ1n) is 10.1. The number of hydrogen-bond acceptors (Lipinski definition) is 6. The molecule has 1 amide bonds. The first-order valence-corrected chi connectivity index (χ1v) is 10.1. The van der Waals surface area contributed by atoms with E-state index in [1.165, 1.54) is 6.92 Å². The van der Waals surface area contributed by atoms with E-state index in [1.807, 2.05) is 24.3 Å². The van der Waals surface area contributed by atoms with Crippen LogP contribution in [0.5, 0.6) is 0 Å². The van der Waals surface area contributed by atoms with Crippen LogP contribution in [0.25, 0.3) is 0 Å². The van der Waals surface area contributed by atoms with Crippen molar-refractivity contribution < 1.29 is 24.2 Å². The zero-order chi connectivity index (χ0) is 21.8. The van der Waals surface area contributed by atoms with E-state index in [0.717, 1.165) is 18.8 Å². The van der Waals surface area contributed by atoms with Crippen molar-refractivity contribution >= 4 is 23.3 Å². The zero-order valence-corrected chi connectivity index (χ0v) is 17.8. The van der Waals surface area contributed by atoms with Crippen molar-refractivity contribution in [2.24, 2.45) is 0 Å². The van der Waals surface area contributed by atoms with E-state index in [-0.39, 0.29) is 5.69 Å². The van der Waals surface area contributed by atoms with E-state index in [4.69, 9.17) is 9.47 Å². The van der Waals surface area contributed by atoms with Crippen molar-refractivity contribution in [3.8, 4) is 0 Å². The summed E-state index contributed by atoms with van der Waals surface area (Å²) >= 11 is 0. The van der Waals surface area contributed by atoms with Gasteiger partial charge in [-0.2, -0.15) is 0 Å². The van der Waals surface area contributed by atoms with E-state index in [1.54, 1.807) is 20.8 Å². The fourth-order valence-electron chi connectivity index (χ4n) is 3.69. The van der Waals surface area contributed by atoms with Crippen LogP contribution >= 0.6 is 0 Å². The summed E-state index contributed by atoms with van der Waals surface area (Å²) in [5, 5.41) is 12.6. The molecule has 2 heterocycles. The van der Waals surface area contributed by atoms with Crippen molar-refractivity contribution in [1.29, 1.82) is 0 Å². The first kappa shape index (κ1) is 21.9. The number of aryl methyl sites for hydroxylation is 1. The number of carbonyl (C=O) groups is 2. The van der Waals surface area contributed by atoms with Gasteiger partial charge in [-0.1, -0.05) is 0 Å². The van der Waals surface area contributed by atoms with Gasteiger partial charge in [0, 0.05) is 35.7 Å². The molecule has 1 aliphatic heterocycles. The Balaban J connectivity index is 1.59. The molecule has 1 aromatic carbocycles. The Morgan fingerprint density at radius 3 is 2.37 bits per heavy atom. The van der Waals surface area contributed by atoms with Crippen LogP contribution in [0, 0.1) is 13.8 Å². The Morgan fingerprint density at radius 1 is 1.17 bits per heavy atom. The maximum atomic E-state index is 12.5. The molecule has 3 rings (SSSR count). The third kappa shape index (κ3) is 4.83. The largest absolute Gasteiger partial charge is 0.448 e. The highest BCUT2D eigenvalue weighted by molar-refractivity contribution is 5.97. The summed E-state index contributed by atoms with van der Waals surface area (Å²) < 4.78 is 10.7. The molecule has 30 heavy (non-hydrogen) atoms. The van der Waals surface area contributed by atoms with Crippen LogP contribution in [0.4, 0.5) is 11.4 Å². The SMILES string of the molecule is Cc1[nH]c(C(=O)O[C@H](C)C(=O)Nc2ccc(N3CCOCC3)cc2)c(C)c1[C@@H](C)O. The van der Waals surface area contributed by atoms with Crippen molar-refractivity contribution in [2.45, 2.75) is 39.9 Å². The molecular formula is C22H29N3O5. The lowest BCUT2D eigenvalue weighted by Crippen LogP contribution is -2.36. The normalized spacial score (nSPS) is 16.1. The second kappa shape index (κ2) is 9.32. The Kier molecular flexibility index (Phi) is 6.79. The lowest BCUT2D eigenvalue weighted by molar-refractivity contribution is -0.123. The zero-order valence-electron chi connectivity index (χ0n) is 17.8. The topological polar surface area (TPSA) is 104 Å². The summed E-state index contributed by atoms with van der Waals surface area (Å²) in [5.74, 6) is -1.05. The molecule has 0 aliphatic carbocycles. The molecule has 3 N–H and O–H groups in total. The number of anilines is 2. The maximum absolute atomic E-state index is 12.5. The monoisotopic (exact) mass is 415 g/mol. The minimum Gasteiger partial charge on any atom is -0.448 e. The molecule has 8 nitrogen and oxygen atoms in total. The molecule has 0 bridgehead atoms. The predicted octanol–water partition coefficient (Wildman–Crippen LogP) is 2.71. The van der Waals surface area contributed by atoms with Crippen molar-refractivity contribution in [2.75, 3.05) is 36.5 Å². The van der Waals surface area contributed by atoms with E-state index in [2.05, 4.69) is 15.2 Å². The molecule has 0 unspecified atom stereocenters. The molecule has 1 fully saturated rings. The van der Waals surface area contributed by atoms with Crippen molar-refractivity contribution in [3.63, 3.8) is 0 Å². The number of ether oxygens (including phenoxy) is 2. The van der Waals surface area contributed by atoms with E-state index in [9.17, 15) is 14.7 Å². The summed E-state index contributed by atoms with van der Waals surface area (Å²) in [6, 6.07) is 7.54. The third-order valence-electron chi connectivity index (χ3n) is 5.28. The molecule has 2 atom stereocenters. The van der Waals surface area contributed by atoms with Gasteiger partial charge in [0.05, 0.1) is 19.3 Å². The van der Waals surface area contributed by atoms with Crippen molar-refractivity contribution in [1.82, 2.24) is 4.98 Å². The number of aliphatic hydroxyl groups excluding tert-OH is 1. The number of aliphatic hydroxyl groups is 1. The lowest BCUT2D eigenvalue weighted by Gasteiger charge is -2.28. The standard InChI is InChI=1S/C22H29N3O5/c1-13-19(15(3)26)14(2)23-20(13)22(28)30-16(4)21(27)24-17-5-7-18(8-6-17)25-9-11-29-12-10-25/h5-8,15-16,23,26H,9-12H2,1-4H3,(H,24,27)/t15-,16-/m1/s1. The third-order valence-corrected chi connectivity index (χ3v) is 5.28. The molecule has 0 saturated carbocycles. The lowest BCUT2D eigenvalue weighted by atomic mass is 10.1. The fraction of sp³-hybridized carbons (Fsp3) is 0.455. The maximum Gasteiger partial charge on any atom is 0.355 e. The summed E-state index contributed by atoms with van der Waals surface area (Å²) in [6.07, 6.45) is -1.68. The first-order chi connectivity index (χ1) is 14.3. The van der Waals surface area contributed by atoms with E-state index < -0.39 is 24.1 Å². The predicted molar refractivity (Wildman–Crippen MR) is 114 cm³/mol. The highest BCUT2D eigenvalue weighted by Crippen LogP contribution is 2.25. The van der Waals surface area contributed by atoms with Crippen LogP contribution in [-0.2, 0) is 14.3 Å². The van der Waals surface area contributed by atoms with Gasteiger partial charge in [0.1, 0.15) is 5.69 Å². The van der Waals surface area contributed by atoms with Gasteiger partial charge in [-0.3, -0.25) is 4.79 Å². The molecule has 1 aromatic heterocycles. The summed E-state index contributed by atoms with van der Waals surface area (Å²) in [7, 11) is 0. The number of rotatable bonds is 6. The van der Waals surface area contributed by atoms with E-state index >= 15 is 0 Å². The average molecular weight is 415 g/mol. The van der Waals surface area contributed by atoms with Gasteiger partial charge in [0.2, 0.25) is 0 Å². The number of nitrogens with one attached hydrogen (secondary N) is 2. The van der Waals surface area contributed by atoms with Gasteiger partial charge in [0.25, 0.3) is 5.91 Å². The molecule has 0 spiro atoms. The Morgan fingerprint density at radius 2 is 1.80 bits per heavy atom. The molecular weight excluding hydrogens is 386 g/mol. The molecule has 162 valence electrons. The smallest absolute Gasteiger partial charge is 0.355 e. The van der Waals surface area contributed by atoms with E-state index in [0.29, 0.717) is 35.7 Å². The average Bonchev–Trinajstić information content (AvgIpc) is 3.03. The Bertz CT molecular complexity index is 898. The van der Waals surface area contributed by atoms with Gasteiger partial charge in [-0.15, -0.1) is 0 Å². The van der Waals surface area contributed by atoms with Crippen LogP contribution in [-0.4, -0.2) is 54.4 Å².